The number of hydrogen-bond donors (Lipinski definition) is 2. The molecule has 6 heteroatoms. The molecule has 0 saturated heterocycles. The Labute approximate surface area is 144 Å². The standard InChI is InChI=1S/C18H28N6/c1-3-19-18(23-12-9-17-8-4-5-10-21-17)22-11-6-7-14-24-15-13-20-16(24)2/h4-5,8,10,13,15H,3,6-7,9,11-12,14H2,1-2H3,(H2,19,22,23). The first-order valence-electron chi connectivity index (χ1n) is 8.69. The van der Waals surface area contributed by atoms with Gasteiger partial charge in [0.1, 0.15) is 5.82 Å². The molecule has 0 unspecified atom stereocenters. The summed E-state index contributed by atoms with van der Waals surface area (Å²) >= 11 is 0. The molecule has 0 bridgehead atoms. The summed E-state index contributed by atoms with van der Waals surface area (Å²) in [5, 5.41) is 6.65. The molecule has 0 atom stereocenters. The zero-order chi connectivity index (χ0) is 17.0. The molecule has 6 nitrogen and oxygen atoms in total. The van der Waals surface area contributed by atoms with E-state index in [-0.39, 0.29) is 0 Å². The molecular weight excluding hydrogens is 300 g/mol. The van der Waals surface area contributed by atoms with Gasteiger partial charge in [-0.25, -0.2) is 4.98 Å². The van der Waals surface area contributed by atoms with Crippen molar-refractivity contribution in [2.45, 2.75) is 39.7 Å². The molecule has 0 amide bonds. The van der Waals surface area contributed by atoms with Crippen LogP contribution in [0.15, 0.2) is 41.8 Å². The molecule has 2 rings (SSSR count). The third-order valence-corrected chi connectivity index (χ3v) is 3.74. The largest absolute Gasteiger partial charge is 0.357 e. The van der Waals surface area contributed by atoms with Crippen LogP contribution in [0.5, 0.6) is 0 Å². The number of imidazole rings is 1. The van der Waals surface area contributed by atoms with Crippen molar-refractivity contribution in [2.75, 3.05) is 19.6 Å². The highest BCUT2D eigenvalue weighted by atomic mass is 15.2. The van der Waals surface area contributed by atoms with Gasteiger partial charge < -0.3 is 15.2 Å². The SMILES string of the molecule is CCNC(=NCCCCn1ccnc1C)NCCc1ccccn1. The minimum Gasteiger partial charge on any atom is -0.357 e. The molecule has 0 fully saturated rings. The van der Waals surface area contributed by atoms with E-state index < -0.39 is 0 Å². The number of rotatable bonds is 9. The van der Waals surface area contributed by atoms with Crippen molar-refractivity contribution in [1.29, 1.82) is 0 Å². The van der Waals surface area contributed by atoms with Gasteiger partial charge in [0.25, 0.3) is 0 Å². The normalized spacial score (nSPS) is 11.5. The molecule has 2 aromatic heterocycles. The summed E-state index contributed by atoms with van der Waals surface area (Å²) in [6, 6.07) is 6.00. The van der Waals surface area contributed by atoms with E-state index in [9.17, 15) is 0 Å². The van der Waals surface area contributed by atoms with Gasteiger partial charge in [-0.2, -0.15) is 0 Å². The van der Waals surface area contributed by atoms with Crippen molar-refractivity contribution in [3.8, 4) is 0 Å². The second-order valence-electron chi connectivity index (χ2n) is 5.63. The number of guanidine groups is 1. The summed E-state index contributed by atoms with van der Waals surface area (Å²) in [6.07, 6.45) is 8.77. The van der Waals surface area contributed by atoms with E-state index in [4.69, 9.17) is 0 Å². The Morgan fingerprint density at radius 2 is 2.08 bits per heavy atom. The fourth-order valence-electron chi connectivity index (χ4n) is 2.42. The van der Waals surface area contributed by atoms with Crippen molar-refractivity contribution < 1.29 is 0 Å². The smallest absolute Gasteiger partial charge is 0.191 e. The van der Waals surface area contributed by atoms with Crippen LogP contribution in [0.4, 0.5) is 0 Å². The zero-order valence-electron chi connectivity index (χ0n) is 14.7. The number of aliphatic imine (C=N–C) groups is 1. The summed E-state index contributed by atoms with van der Waals surface area (Å²) in [5.74, 6) is 1.95. The molecule has 2 heterocycles. The highest BCUT2D eigenvalue weighted by molar-refractivity contribution is 5.79. The van der Waals surface area contributed by atoms with Crippen molar-refractivity contribution in [2.24, 2.45) is 4.99 Å². The van der Waals surface area contributed by atoms with Crippen molar-refractivity contribution in [1.82, 2.24) is 25.2 Å². The molecule has 24 heavy (non-hydrogen) atoms. The molecule has 0 aliphatic rings. The Morgan fingerprint density at radius 3 is 2.79 bits per heavy atom. The fraction of sp³-hybridized carbons (Fsp3) is 0.500. The predicted molar refractivity (Wildman–Crippen MR) is 98.1 cm³/mol. The van der Waals surface area contributed by atoms with Gasteiger partial charge in [0, 0.05) is 56.9 Å². The van der Waals surface area contributed by atoms with Crippen LogP contribution in [0.2, 0.25) is 0 Å². The first-order chi connectivity index (χ1) is 11.8. The van der Waals surface area contributed by atoms with E-state index >= 15 is 0 Å². The van der Waals surface area contributed by atoms with Gasteiger partial charge in [-0.05, 0) is 38.8 Å². The number of pyridine rings is 1. The summed E-state index contributed by atoms with van der Waals surface area (Å²) < 4.78 is 2.18. The molecule has 0 aliphatic carbocycles. The minimum atomic E-state index is 0.826. The third kappa shape index (κ3) is 6.40. The third-order valence-electron chi connectivity index (χ3n) is 3.74. The average molecular weight is 328 g/mol. The molecular formula is C18H28N6. The van der Waals surface area contributed by atoms with Crippen LogP contribution in [-0.2, 0) is 13.0 Å². The first-order valence-corrected chi connectivity index (χ1v) is 8.69. The monoisotopic (exact) mass is 328 g/mol. The lowest BCUT2D eigenvalue weighted by Gasteiger charge is -2.11. The van der Waals surface area contributed by atoms with Gasteiger partial charge in [0.15, 0.2) is 5.96 Å². The van der Waals surface area contributed by atoms with Crippen molar-refractivity contribution in [3.63, 3.8) is 0 Å². The van der Waals surface area contributed by atoms with Gasteiger partial charge in [-0.1, -0.05) is 6.07 Å². The number of aryl methyl sites for hydroxylation is 2. The second kappa shape index (κ2) is 10.4. The molecule has 0 aliphatic heterocycles. The van der Waals surface area contributed by atoms with Crippen LogP contribution < -0.4 is 10.6 Å². The van der Waals surface area contributed by atoms with Gasteiger partial charge in [0.05, 0.1) is 0 Å². The maximum absolute atomic E-state index is 4.64. The number of hydrogen-bond acceptors (Lipinski definition) is 3. The van der Waals surface area contributed by atoms with Crippen LogP contribution >= 0.6 is 0 Å². The van der Waals surface area contributed by atoms with Crippen molar-refractivity contribution >= 4 is 5.96 Å². The predicted octanol–water partition coefficient (Wildman–Crippen LogP) is 2.16. The van der Waals surface area contributed by atoms with E-state index in [1.807, 2.05) is 43.7 Å². The molecule has 0 radical (unpaired) electrons. The minimum absolute atomic E-state index is 0.826. The van der Waals surface area contributed by atoms with Gasteiger partial charge in [-0.15, -0.1) is 0 Å². The van der Waals surface area contributed by atoms with Crippen LogP contribution in [0, 0.1) is 6.92 Å². The highest BCUT2D eigenvalue weighted by Crippen LogP contribution is 2.00. The summed E-state index contributed by atoms with van der Waals surface area (Å²) in [5.41, 5.74) is 1.09. The molecule has 130 valence electrons. The van der Waals surface area contributed by atoms with Gasteiger partial charge in [-0.3, -0.25) is 9.98 Å². The summed E-state index contributed by atoms with van der Waals surface area (Å²) in [4.78, 5) is 13.2. The average Bonchev–Trinajstić information content (AvgIpc) is 3.00. The Kier molecular flexibility index (Phi) is 7.80. The number of aromatic nitrogens is 3. The lowest BCUT2D eigenvalue weighted by molar-refractivity contribution is 0.600. The number of unbranched alkanes of at least 4 members (excludes halogenated alkanes) is 1. The topological polar surface area (TPSA) is 67.1 Å². The summed E-state index contributed by atoms with van der Waals surface area (Å²) in [7, 11) is 0. The number of nitrogens with zero attached hydrogens (tertiary/aromatic N) is 4. The molecule has 0 saturated carbocycles. The Morgan fingerprint density at radius 1 is 1.17 bits per heavy atom. The van der Waals surface area contributed by atoms with E-state index in [0.717, 1.165) is 62.9 Å². The molecule has 0 aromatic carbocycles. The molecule has 2 N–H and O–H groups in total. The lowest BCUT2D eigenvalue weighted by atomic mass is 10.3. The Balaban J connectivity index is 1.67. The zero-order valence-corrected chi connectivity index (χ0v) is 14.7. The maximum Gasteiger partial charge on any atom is 0.191 e. The lowest BCUT2D eigenvalue weighted by Crippen LogP contribution is -2.38. The highest BCUT2D eigenvalue weighted by Gasteiger charge is 1.99. The maximum atomic E-state index is 4.64. The Bertz CT molecular complexity index is 605. The summed E-state index contributed by atoms with van der Waals surface area (Å²) in [6.45, 7) is 7.64. The number of nitrogens with one attached hydrogen (secondary N) is 2. The van der Waals surface area contributed by atoms with Gasteiger partial charge >= 0.3 is 0 Å². The second-order valence-corrected chi connectivity index (χ2v) is 5.63. The van der Waals surface area contributed by atoms with Crippen molar-refractivity contribution in [3.05, 3.63) is 48.3 Å². The van der Waals surface area contributed by atoms with E-state index in [1.165, 1.54) is 0 Å². The molecule has 0 spiro atoms. The van der Waals surface area contributed by atoms with Crippen LogP contribution in [0.1, 0.15) is 31.3 Å². The quantitative estimate of drug-likeness (QED) is 0.420. The van der Waals surface area contributed by atoms with Crippen LogP contribution in [0.25, 0.3) is 0 Å². The first kappa shape index (κ1) is 18.0. The molecule has 2 aromatic rings. The van der Waals surface area contributed by atoms with Gasteiger partial charge in [0.2, 0.25) is 0 Å². The fourth-order valence-corrected chi connectivity index (χ4v) is 2.42. The van der Waals surface area contributed by atoms with E-state index in [2.05, 4.69) is 37.1 Å². The van der Waals surface area contributed by atoms with Crippen LogP contribution in [0.3, 0.4) is 0 Å². The Hall–Kier alpha value is -2.37. The van der Waals surface area contributed by atoms with Crippen LogP contribution in [-0.4, -0.2) is 40.1 Å². The van der Waals surface area contributed by atoms with E-state index in [1.54, 1.807) is 0 Å². The van der Waals surface area contributed by atoms with E-state index in [0.29, 0.717) is 0 Å².